The van der Waals surface area contributed by atoms with Gasteiger partial charge in [0.1, 0.15) is 0 Å². The van der Waals surface area contributed by atoms with Gasteiger partial charge in [0.2, 0.25) is 0 Å². The van der Waals surface area contributed by atoms with E-state index in [-0.39, 0.29) is 6.54 Å². The molecule has 0 spiro atoms. The van der Waals surface area contributed by atoms with E-state index in [1.165, 1.54) is 4.90 Å². The van der Waals surface area contributed by atoms with Crippen molar-refractivity contribution in [3.8, 4) is 0 Å². The number of hydrogen-bond acceptors (Lipinski definition) is 3. The molecular weight excluding hydrogens is 292 g/mol. The van der Waals surface area contributed by atoms with Crippen molar-refractivity contribution in [1.29, 1.82) is 0 Å². The van der Waals surface area contributed by atoms with Gasteiger partial charge in [-0.15, -0.1) is 0 Å². The SMILES string of the molecule is O=C(NC[C@H](O)c1ccccc1)C(=O)N1CCc2ccccc21. The monoisotopic (exact) mass is 310 g/mol. The maximum atomic E-state index is 12.3. The number of anilines is 1. The Bertz CT molecular complexity index is 715. The number of benzene rings is 2. The minimum Gasteiger partial charge on any atom is -0.387 e. The minimum atomic E-state index is -0.834. The number of amides is 2. The van der Waals surface area contributed by atoms with Gasteiger partial charge in [0, 0.05) is 18.8 Å². The van der Waals surface area contributed by atoms with Gasteiger partial charge in [-0.2, -0.15) is 0 Å². The molecule has 2 aromatic rings. The first-order valence-corrected chi connectivity index (χ1v) is 7.57. The van der Waals surface area contributed by atoms with Crippen molar-refractivity contribution in [2.24, 2.45) is 0 Å². The molecule has 0 saturated heterocycles. The molecule has 118 valence electrons. The maximum Gasteiger partial charge on any atom is 0.316 e. The van der Waals surface area contributed by atoms with Gasteiger partial charge in [0.25, 0.3) is 0 Å². The van der Waals surface area contributed by atoms with Crippen LogP contribution in [0, 0.1) is 0 Å². The molecule has 0 aromatic heterocycles. The Kier molecular flexibility index (Phi) is 4.39. The van der Waals surface area contributed by atoms with Crippen LogP contribution >= 0.6 is 0 Å². The number of fused-ring (bicyclic) bond motifs is 1. The van der Waals surface area contributed by atoms with Crippen molar-refractivity contribution < 1.29 is 14.7 Å². The first kappa shape index (κ1) is 15.2. The Morgan fingerprint density at radius 2 is 1.78 bits per heavy atom. The molecule has 0 bridgehead atoms. The molecule has 2 N–H and O–H groups in total. The minimum absolute atomic E-state index is 0.00404. The van der Waals surface area contributed by atoms with E-state index >= 15 is 0 Å². The zero-order valence-corrected chi connectivity index (χ0v) is 12.6. The lowest BCUT2D eigenvalue weighted by atomic mass is 10.1. The molecule has 0 radical (unpaired) electrons. The average Bonchev–Trinajstić information content (AvgIpc) is 3.03. The van der Waals surface area contributed by atoms with Crippen LogP contribution in [0.3, 0.4) is 0 Å². The predicted octanol–water partition coefficient (Wildman–Crippen LogP) is 1.43. The predicted molar refractivity (Wildman–Crippen MR) is 86.9 cm³/mol. The third-order valence-electron chi connectivity index (χ3n) is 3.97. The van der Waals surface area contributed by atoms with Crippen molar-refractivity contribution in [3.63, 3.8) is 0 Å². The van der Waals surface area contributed by atoms with E-state index in [0.717, 1.165) is 17.7 Å². The van der Waals surface area contributed by atoms with E-state index in [2.05, 4.69) is 5.32 Å². The molecule has 0 aliphatic carbocycles. The Labute approximate surface area is 134 Å². The lowest BCUT2D eigenvalue weighted by Gasteiger charge is -2.17. The fourth-order valence-corrected chi connectivity index (χ4v) is 2.73. The fraction of sp³-hybridized carbons (Fsp3) is 0.222. The highest BCUT2D eigenvalue weighted by atomic mass is 16.3. The molecule has 1 aliphatic rings. The van der Waals surface area contributed by atoms with Gasteiger partial charge in [-0.3, -0.25) is 9.59 Å². The maximum absolute atomic E-state index is 12.3. The molecule has 0 unspecified atom stereocenters. The molecule has 5 nitrogen and oxygen atoms in total. The lowest BCUT2D eigenvalue weighted by Crippen LogP contribution is -2.43. The van der Waals surface area contributed by atoms with Crippen LogP contribution in [0.25, 0.3) is 0 Å². The second-order valence-corrected chi connectivity index (χ2v) is 5.47. The normalized spacial score (nSPS) is 14.2. The molecule has 5 heteroatoms. The molecular formula is C18H18N2O3. The molecule has 1 aliphatic heterocycles. The van der Waals surface area contributed by atoms with Gasteiger partial charge in [-0.25, -0.2) is 0 Å². The second kappa shape index (κ2) is 6.62. The number of carbonyl (C=O) groups excluding carboxylic acids is 2. The van der Waals surface area contributed by atoms with E-state index in [4.69, 9.17) is 0 Å². The molecule has 0 saturated carbocycles. The number of hydrogen-bond donors (Lipinski definition) is 2. The standard InChI is InChI=1S/C18H18N2O3/c21-16(14-7-2-1-3-8-14)12-19-17(22)18(23)20-11-10-13-6-4-5-9-15(13)20/h1-9,16,21H,10-12H2,(H,19,22)/t16-/m0/s1. The summed E-state index contributed by atoms with van der Waals surface area (Å²) in [6.45, 7) is 0.511. The number of aliphatic hydroxyl groups is 1. The Hall–Kier alpha value is -2.66. The summed E-state index contributed by atoms with van der Waals surface area (Å²) >= 11 is 0. The Morgan fingerprint density at radius 3 is 2.57 bits per heavy atom. The highest BCUT2D eigenvalue weighted by Crippen LogP contribution is 2.27. The fourth-order valence-electron chi connectivity index (χ4n) is 2.73. The highest BCUT2D eigenvalue weighted by molar-refractivity contribution is 6.40. The number of nitrogens with one attached hydrogen (secondary N) is 1. The summed E-state index contributed by atoms with van der Waals surface area (Å²) in [7, 11) is 0. The van der Waals surface area contributed by atoms with Crippen LogP contribution in [0.2, 0.25) is 0 Å². The highest BCUT2D eigenvalue weighted by Gasteiger charge is 2.28. The van der Waals surface area contributed by atoms with E-state index in [1.54, 1.807) is 12.1 Å². The van der Waals surface area contributed by atoms with Crippen LogP contribution < -0.4 is 10.2 Å². The summed E-state index contributed by atoms with van der Waals surface area (Å²) in [6.07, 6.45) is -0.0826. The van der Waals surface area contributed by atoms with Gasteiger partial charge in [0.05, 0.1) is 6.10 Å². The van der Waals surface area contributed by atoms with E-state index in [9.17, 15) is 14.7 Å². The molecule has 3 rings (SSSR count). The molecule has 0 fully saturated rings. The van der Waals surface area contributed by atoms with Crippen molar-refractivity contribution >= 4 is 17.5 Å². The number of rotatable bonds is 3. The summed E-state index contributed by atoms with van der Waals surface area (Å²) in [5.41, 5.74) is 2.56. The summed E-state index contributed by atoms with van der Waals surface area (Å²) in [5.74, 6) is -1.29. The van der Waals surface area contributed by atoms with Crippen LogP contribution in [0.15, 0.2) is 54.6 Å². The zero-order chi connectivity index (χ0) is 16.2. The van der Waals surface area contributed by atoms with Gasteiger partial charge in [0.15, 0.2) is 0 Å². The summed E-state index contributed by atoms with van der Waals surface area (Å²) in [6, 6.07) is 16.6. The molecule has 2 amide bonds. The average molecular weight is 310 g/mol. The van der Waals surface area contributed by atoms with Crippen molar-refractivity contribution in [3.05, 3.63) is 65.7 Å². The quantitative estimate of drug-likeness (QED) is 0.843. The molecule has 2 aromatic carbocycles. The first-order valence-electron chi connectivity index (χ1n) is 7.57. The van der Waals surface area contributed by atoms with Crippen LogP contribution in [-0.4, -0.2) is 30.0 Å². The van der Waals surface area contributed by atoms with Crippen molar-refractivity contribution in [2.75, 3.05) is 18.0 Å². The number of para-hydroxylation sites is 1. The van der Waals surface area contributed by atoms with Gasteiger partial charge in [-0.1, -0.05) is 48.5 Å². The number of carbonyl (C=O) groups is 2. The van der Waals surface area contributed by atoms with Crippen LogP contribution in [0.4, 0.5) is 5.69 Å². The van der Waals surface area contributed by atoms with E-state index in [0.29, 0.717) is 12.1 Å². The molecule has 1 heterocycles. The topological polar surface area (TPSA) is 69.6 Å². The summed E-state index contributed by atoms with van der Waals surface area (Å²) in [4.78, 5) is 25.8. The van der Waals surface area contributed by atoms with Gasteiger partial charge >= 0.3 is 11.8 Å². The van der Waals surface area contributed by atoms with Gasteiger partial charge < -0.3 is 15.3 Å². The van der Waals surface area contributed by atoms with Crippen LogP contribution in [0.5, 0.6) is 0 Å². The smallest absolute Gasteiger partial charge is 0.316 e. The third kappa shape index (κ3) is 3.24. The molecule has 1 atom stereocenters. The summed E-state index contributed by atoms with van der Waals surface area (Å²) in [5, 5.41) is 12.5. The van der Waals surface area contributed by atoms with E-state index < -0.39 is 17.9 Å². The molecule has 23 heavy (non-hydrogen) atoms. The van der Waals surface area contributed by atoms with Crippen molar-refractivity contribution in [2.45, 2.75) is 12.5 Å². The third-order valence-corrected chi connectivity index (χ3v) is 3.97. The van der Waals surface area contributed by atoms with Crippen LogP contribution in [0.1, 0.15) is 17.2 Å². The van der Waals surface area contributed by atoms with E-state index in [1.807, 2.05) is 42.5 Å². The number of aliphatic hydroxyl groups excluding tert-OH is 1. The van der Waals surface area contributed by atoms with Crippen LogP contribution in [-0.2, 0) is 16.0 Å². The summed E-state index contributed by atoms with van der Waals surface area (Å²) < 4.78 is 0. The van der Waals surface area contributed by atoms with Gasteiger partial charge in [-0.05, 0) is 23.6 Å². The zero-order valence-electron chi connectivity index (χ0n) is 12.6. The largest absolute Gasteiger partial charge is 0.387 e. The lowest BCUT2D eigenvalue weighted by molar-refractivity contribution is -0.137. The number of nitrogens with zero attached hydrogens (tertiary/aromatic N) is 1. The Balaban J connectivity index is 1.60. The second-order valence-electron chi connectivity index (χ2n) is 5.47. The van der Waals surface area contributed by atoms with Crippen molar-refractivity contribution in [1.82, 2.24) is 5.32 Å². The Morgan fingerprint density at radius 1 is 1.09 bits per heavy atom. The first-order chi connectivity index (χ1) is 11.2.